The molecule has 1 aliphatic carbocycles. The summed E-state index contributed by atoms with van der Waals surface area (Å²) in [6.45, 7) is 4.11. The second kappa shape index (κ2) is 5.96. The van der Waals surface area contributed by atoms with Crippen molar-refractivity contribution in [3.05, 3.63) is 35.0 Å². The maximum Gasteiger partial charge on any atom is 0.225 e. The van der Waals surface area contributed by atoms with E-state index in [4.69, 9.17) is 9.47 Å². The molecule has 1 heterocycles. The Morgan fingerprint density at radius 2 is 1.88 bits per heavy atom. The van der Waals surface area contributed by atoms with Crippen LogP contribution in [0.2, 0.25) is 0 Å². The predicted molar refractivity (Wildman–Crippen MR) is 90.1 cm³/mol. The van der Waals surface area contributed by atoms with E-state index in [0.717, 1.165) is 16.8 Å². The maximum atomic E-state index is 12.8. The number of benzene rings is 1. The van der Waals surface area contributed by atoms with Gasteiger partial charge in [0.1, 0.15) is 11.5 Å². The molecule has 0 saturated heterocycles. The van der Waals surface area contributed by atoms with Crippen LogP contribution in [0.25, 0.3) is 0 Å². The van der Waals surface area contributed by atoms with E-state index < -0.39 is 0 Å². The molecule has 1 aromatic carbocycles. The molecule has 1 aromatic rings. The summed E-state index contributed by atoms with van der Waals surface area (Å²) in [6, 6.07) is 5.51. The molecule has 1 atom stereocenters. The van der Waals surface area contributed by atoms with E-state index in [1.54, 1.807) is 20.3 Å². The Balaban J connectivity index is 2.10. The molecule has 0 bridgehead atoms. The first-order valence-corrected chi connectivity index (χ1v) is 8.12. The Kier molecular flexibility index (Phi) is 4.11. The molecule has 0 aromatic heterocycles. The summed E-state index contributed by atoms with van der Waals surface area (Å²) < 4.78 is 10.7. The minimum absolute atomic E-state index is 0.0536. The van der Waals surface area contributed by atoms with E-state index in [1.807, 2.05) is 12.1 Å². The number of ketones is 1. The summed E-state index contributed by atoms with van der Waals surface area (Å²) >= 11 is 0. The van der Waals surface area contributed by atoms with Gasteiger partial charge in [0.25, 0.3) is 0 Å². The minimum Gasteiger partial charge on any atom is -0.497 e. The van der Waals surface area contributed by atoms with Gasteiger partial charge in [0, 0.05) is 41.7 Å². The Morgan fingerprint density at radius 3 is 2.54 bits per heavy atom. The molecule has 2 aliphatic rings. The third-order valence-corrected chi connectivity index (χ3v) is 4.76. The largest absolute Gasteiger partial charge is 0.497 e. The second-order valence-electron chi connectivity index (χ2n) is 7.25. The highest BCUT2D eigenvalue weighted by Crippen LogP contribution is 2.46. The Bertz CT molecular complexity index is 733. The molecule has 0 saturated carbocycles. The fourth-order valence-electron chi connectivity index (χ4n) is 3.73. The first-order valence-electron chi connectivity index (χ1n) is 8.12. The first kappa shape index (κ1) is 16.6. The molecule has 5 heteroatoms. The normalized spacial score (nSPS) is 22.8. The van der Waals surface area contributed by atoms with Crippen LogP contribution in [0.15, 0.2) is 29.5 Å². The lowest BCUT2D eigenvalue weighted by molar-refractivity contribution is -0.122. The van der Waals surface area contributed by atoms with Crippen LogP contribution in [0, 0.1) is 5.41 Å². The molecule has 0 fully saturated rings. The Morgan fingerprint density at radius 1 is 1.12 bits per heavy atom. The third kappa shape index (κ3) is 2.90. The number of allylic oxidation sites excluding steroid dienone is 2. The fourth-order valence-corrected chi connectivity index (χ4v) is 3.73. The zero-order valence-corrected chi connectivity index (χ0v) is 14.6. The summed E-state index contributed by atoms with van der Waals surface area (Å²) in [4.78, 5) is 25.0. The zero-order chi connectivity index (χ0) is 17.5. The number of amides is 1. The summed E-state index contributed by atoms with van der Waals surface area (Å²) in [5.41, 5.74) is 2.23. The van der Waals surface area contributed by atoms with Crippen LogP contribution < -0.4 is 14.8 Å². The minimum atomic E-state index is -0.266. The highest BCUT2D eigenvalue weighted by atomic mass is 16.5. The van der Waals surface area contributed by atoms with Gasteiger partial charge in [0.05, 0.1) is 14.2 Å². The summed E-state index contributed by atoms with van der Waals surface area (Å²) in [5, 5.41) is 2.92. The van der Waals surface area contributed by atoms with Crippen molar-refractivity contribution in [2.45, 2.75) is 39.0 Å². The van der Waals surface area contributed by atoms with Crippen LogP contribution >= 0.6 is 0 Å². The van der Waals surface area contributed by atoms with Crippen LogP contribution in [-0.4, -0.2) is 25.9 Å². The highest BCUT2D eigenvalue weighted by molar-refractivity contribution is 6.02. The molecular weight excluding hydrogens is 306 g/mol. The third-order valence-electron chi connectivity index (χ3n) is 4.76. The molecule has 1 aliphatic heterocycles. The van der Waals surface area contributed by atoms with Crippen molar-refractivity contribution >= 4 is 11.7 Å². The second-order valence-corrected chi connectivity index (χ2v) is 7.25. The maximum absolute atomic E-state index is 12.8. The van der Waals surface area contributed by atoms with E-state index >= 15 is 0 Å². The van der Waals surface area contributed by atoms with Crippen molar-refractivity contribution < 1.29 is 19.1 Å². The quantitative estimate of drug-likeness (QED) is 0.926. The standard InChI is InChI=1S/C19H23NO4/c1-19(2)9-14-18(15(21)10-19)13(8-17(22)20-14)12-6-5-11(23-3)7-16(12)24-4/h5-7,13H,8-10H2,1-4H3,(H,20,22)/t13-/m0/s1. The highest BCUT2D eigenvalue weighted by Gasteiger charge is 2.41. The molecule has 0 spiro atoms. The lowest BCUT2D eigenvalue weighted by atomic mass is 9.70. The molecule has 1 amide bonds. The SMILES string of the molecule is COc1ccc([C@@H]2CC(=O)NC3=C2C(=O)CC(C)(C)C3)c(OC)c1. The first-order chi connectivity index (χ1) is 11.3. The Labute approximate surface area is 142 Å². The Hall–Kier alpha value is -2.30. The lowest BCUT2D eigenvalue weighted by Crippen LogP contribution is -2.40. The van der Waals surface area contributed by atoms with Crippen LogP contribution in [0.1, 0.15) is 44.6 Å². The number of carbonyl (C=O) groups is 2. The van der Waals surface area contributed by atoms with E-state index in [0.29, 0.717) is 24.3 Å². The van der Waals surface area contributed by atoms with Crippen molar-refractivity contribution in [2.24, 2.45) is 5.41 Å². The molecule has 1 N–H and O–H groups in total. The number of Topliss-reactive ketones (excluding diaryl/α,β-unsaturated/α-hetero) is 1. The van der Waals surface area contributed by atoms with Gasteiger partial charge in [-0.1, -0.05) is 19.9 Å². The number of nitrogens with one attached hydrogen (secondary N) is 1. The molecule has 128 valence electrons. The van der Waals surface area contributed by atoms with Gasteiger partial charge in [-0.05, 0) is 17.9 Å². The summed E-state index contributed by atoms with van der Waals surface area (Å²) in [6.07, 6.45) is 1.46. The van der Waals surface area contributed by atoms with Crippen molar-refractivity contribution in [1.82, 2.24) is 5.32 Å². The molecular formula is C19H23NO4. The van der Waals surface area contributed by atoms with Gasteiger partial charge in [-0.2, -0.15) is 0 Å². The molecule has 0 radical (unpaired) electrons. The lowest BCUT2D eigenvalue weighted by Gasteiger charge is -2.38. The molecule has 3 rings (SSSR count). The van der Waals surface area contributed by atoms with Gasteiger partial charge in [-0.25, -0.2) is 0 Å². The summed E-state index contributed by atoms with van der Waals surface area (Å²) in [7, 11) is 3.18. The van der Waals surface area contributed by atoms with Gasteiger partial charge in [0.2, 0.25) is 5.91 Å². The van der Waals surface area contributed by atoms with E-state index in [1.165, 1.54) is 0 Å². The number of carbonyl (C=O) groups excluding carboxylic acids is 2. The number of ether oxygens (including phenoxy) is 2. The van der Waals surface area contributed by atoms with Gasteiger partial charge >= 0.3 is 0 Å². The van der Waals surface area contributed by atoms with E-state index in [-0.39, 0.29) is 29.4 Å². The average Bonchev–Trinajstić information content (AvgIpc) is 2.51. The number of rotatable bonds is 3. The van der Waals surface area contributed by atoms with E-state index in [2.05, 4.69) is 19.2 Å². The summed E-state index contributed by atoms with van der Waals surface area (Å²) in [5.74, 6) is 1.11. The van der Waals surface area contributed by atoms with E-state index in [9.17, 15) is 9.59 Å². The van der Waals surface area contributed by atoms with Crippen molar-refractivity contribution in [3.63, 3.8) is 0 Å². The number of methoxy groups -OCH3 is 2. The van der Waals surface area contributed by atoms with Crippen molar-refractivity contribution in [2.75, 3.05) is 14.2 Å². The smallest absolute Gasteiger partial charge is 0.225 e. The van der Waals surface area contributed by atoms with Crippen LogP contribution in [0.4, 0.5) is 0 Å². The van der Waals surface area contributed by atoms with Crippen molar-refractivity contribution in [3.8, 4) is 11.5 Å². The van der Waals surface area contributed by atoms with Gasteiger partial charge < -0.3 is 14.8 Å². The monoisotopic (exact) mass is 329 g/mol. The molecule has 5 nitrogen and oxygen atoms in total. The predicted octanol–water partition coefficient (Wildman–Crippen LogP) is 2.95. The molecule has 24 heavy (non-hydrogen) atoms. The fraction of sp³-hybridized carbons (Fsp3) is 0.474. The average molecular weight is 329 g/mol. The van der Waals surface area contributed by atoms with Gasteiger partial charge in [0.15, 0.2) is 5.78 Å². The number of hydrogen-bond donors (Lipinski definition) is 1. The number of hydrogen-bond acceptors (Lipinski definition) is 4. The zero-order valence-electron chi connectivity index (χ0n) is 14.6. The van der Waals surface area contributed by atoms with Crippen LogP contribution in [0.5, 0.6) is 11.5 Å². The van der Waals surface area contributed by atoms with Crippen molar-refractivity contribution in [1.29, 1.82) is 0 Å². The van der Waals surface area contributed by atoms with Gasteiger partial charge in [-0.15, -0.1) is 0 Å². The van der Waals surface area contributed by atoms with Crippen LogP contribution in [-0.2, 0) is 9.59 Å². The topological polar surface area (TPSA) is 64.6 Å². The van der Waals surface area contributed by atoms with Gasteiger partial charge in [-0.3, -0.25) is 9.59 Å². The van der Waals surface area contributed by atoms with Crippen LogP contribution in [0.3, 0.4) is 0 Å². The molecule has 0 unspecified atom stereocenters.